The van der Waals surface area contributed by atoms with E-state index in [1.807, 2.05) is 54.3 Å². The van der Waals surface area contributed by atoms with Crippen LogP contribution >= 0.6 is 22.9 Å². The third kappa shape index (κ3) is 4.54. The number of piperazine rings is 1. The van der Waals surface area contributed by atoms with E-state index in [1.54, 1.807) is 23.5 Å². The SMILES string of the molecule is CCOc1ccc2nc(N3CCN(C(=O)/C=C/c4ccccc4Cl)CC3)sc2c1. The van der Waals surface area contributed by atoms with Gasteiger partial charge in [-0.05, 0) is 42.8 Å². The Kier molecular flexibility index (Phi) is 6.02. The molecule has 1 aliphatic heterocycles. The molecule has 0 radical (unpaired) electrons. The quantitative estimate of drug-likeness (QED) is 0.553. The van der Waals surface area contributed by atoms with Crippen LogP contribution in [0.25, 0.3) is 16.3 Å². The topological polar surface area (TPSA) is 45.7 Å². The fourth-order valence-electron chi connectivity index (χ4n) is 3.28. The van der Waals surface area contributed by atoms with E-state index in [-0.39, 0.29) is 5.91 Å². The maximum absolute atomic E-state index is 12.5. The minimum Gasteiger partial charge on any atom is -0.494 e. The van der Waals surface area contributed by atoms with Crippen LogP contribution in [0.1, 0.15) is 12.5 Å². The van der Waals surface area contributed by atoms with Crippen molar-refractivity contribution in [1.29, 1.82) is 0 Å². The van der Waals surface area contributed by atoms with Crippen LogP contribution < -0.4 is 9.64 Å². The van der Waals surface area contributed by atoms with Crippen LogP contribution in [0.5, 0.6) is 5.75 Å². The van der Waals surface area contributed by atoms with Crippen molar-refractivity contribution in [3.8, 4) is 5.75 Å². The Hall–Kier alpha value is -2.57. The molecule has 2 aromatic carbocycles. The number of carbonyl (C=O) groups excluding carboxylic acids is 1. The molecule has 4 rings (SSSR count). The highest BCUT2D eigenvalue weighted by atomic mass is 35.5. The van der Waals surface area contributed by atoms with Gasteiger partial charge < -0.3 is 14.5 Å². The number of amides is 1. The number of carbonyl (C=O) groups is 1. The molecule has 0 saturated carbocycles. The minimum atomic E-state index is 0.00947. The van der Waals surface area contributed by atoms with Crippen molar-refractivity contribution in [2.45, 2.75) is 6.92 Å². The lowest BCUT2D eigenvalue weighted by molar-refractivity contribution is -0.126. The monoisotopic (exact) mass is 427 g/mol. The molecule has 1 aliphatic rings. The van der Waals surface area contributed by atoms with Gasteiger partial charge in [-0.2, -0.15) is 0 Å². The molecule has 1 aromatic heterocycles. The van der Waals surface area contributed by atoms with Crippen molar-refractivity contribution >= 4 is 50.3 Å². The Morgan fingerprint density at radius 1 is 1.21 bits per heavy atom. The molecule has 0 aliphatic carbocycles. The zero-order valence-corrected chi connectivity index (χ0v) is 17.7. The molecule has 1 saturated heterocycles. The lowest BCUT2D eigenvalue weighted by atomic mass is 10.2. The normalized spacial score (nSPS) is 14.7. The number of hydrogen-bond acceptors (Lipinski definition) is 5. The van der Waals surface area contributed by atoms with Crippen LogP contribution in [-0.2, 0) is 4.79 Å². The summed E-state index contributed by atoms with van der Waals surface area (Å²) >= 11 is 7.81. The lowest BCUT2D eigenvalue weighted by Gasteiger charge is -2.34. The molecule has 0 spiro atoms. The van der Waals surface area contributed by atoms with Gasteiger partial charge in [0.25, 0.3) is 0 Å². The van der Waals surface area contributed by atoms with Crippen LogP contribution in [0.15, 0.2) is 48.5 Å². The largest absolute Gasteiger partial charge is 0.494 e. The Morgan fingerprint density at radius 3 is 2.76 bits per heavy atom. The van der Waals surface area contributed by atoms with Crippen LogP contribution in [0, 0.1) is 0 Å². The van der Waals surface area contributed by atoms with E-state index in [4.69, 9.17) is 21.3 Å². The first-order valence-corrected chi connectivity index (χ1v) is 10.8. The van der Waals surface area contributed by atoms with Crippen LogP contribution in [0.2, 0.25) is 5.02 Å². The fourth-order valence-corrected chi connectivity index (χ4v) is 4.52. The number of thiazole rings is 1. The number of ether oxygens (including phenoxy) is 1. The van der Waals surface area contributed by atoms with Crippen LogP contribution in [0.4, 0.5) is 5.13 Å². The first-order valence-electron chi connectivity index (χ1n) is 9.64. The number of fused-ring (bicyclic) bond motifs is 1. The molecule has 0 unspecified atom stereocenters. The second kappa shape index (κ2) is 8.84. The zero-order valence-electron chi connectivity index (χ0n) is 16.2. The van der Waals surface area contributed by atoms with Gasteiger partial charge in [0.15, 0.2) is 5.13 Å². The number of anilines is 1. The van der Waals surface area contributed by atoms with Crippen LogP contribution in [0.3, 0.4) is 0 Å². The number of aromatic nitrogens is 1. The van der Waals surface area contributed by atoms with E-state index < -0.39 is 0 Å². The standard InChI is InChI=1S/C22H22ClN3O2S/c1-2-28-17-8-9-19-20(15-17)29-22(24-19)26-13-11-25(12-14-26)21(27)10-7-16-5-3-4-6-18(16)23/h3-10,15H,2,11-14H2,1H3/b10-7+. The third-order valence-electron chi connectivity index (χ3n) is 4.83. The summed E-state index contributed by atoms with van der Waals surface area (Å²) in [4.78, 5) is 21.4. The molecule has 3 aromatic rings. The first kappa shape index (κ1) is 19.7. The predicted molar refractivity (Wildman–Crippen MR) is 120 cm³/mol. The van der Waals surface area contributed by atoms with Crippen molar-refractivity contribution in [2.24, 2.45) is 0 Å². The van der Waals surface area contributed by atoms with Gasteiger partial charge in [0, 0.05) is 37.3 Å². The fraction of sp³-hybridized carbons (Fsp3) is 0.273. The molecule has 1 amide bonds. The van der Waals surface area contributed by atoms with Gasteiger partial charge in [0.2, 0.25) is 5.91 Å². The average molecular weight is 428 g/mol. The molecule has 5 nitrogen and oxygen atoms in total. The maximum atomic E-state index is 12.5. The summed E-state index contributed by atoms with van der Waals surface area (Å²) in [5.41, 5.74) is 1.83. The molecule has 0 N–H and O–H groups in total. The summed E-state index contributed by atoms with van der Waals surface area (Å²) in [7, 11) is 0. The van der Waals surface area contributed by atoms with Gasteiger partial charge in [-0.25, -0.2) is 4.98 Å². The van der Waals surface area contributed by atoms with E-state index in [0.717, 1.165) is 39.8 Å². The smallest absolute Gasteiger partial charge is 0.246 e. The van der Waals surface area contributed by atoms with E-state index in [9.17, 15) is 4.79 Å². The number of hydrogen-bond donors (Lipinski definition) is 0. The Balaban J connectivity index is 1.38. The summed E-state index contributed by atoms with van der Waals surface area (Å²) < 4.78 is 6.70. The number of nitrogens with zero attached hydrogens (tertiary/aromatic N) is 3. The molecular weight excluding hydrogens is 406 g/mol. The maximum Gasteiger partial charge on any atom is 0.246 e. The second-order valence-corrected chi connectivity index (χ2v) is 8.14. The van der Waals surface area contributed by atoms with Gasteiger partial charge >= 0.3 is 0 Å². The van der Waals surface area contributed by atoms with Crippen molar-refractivity contribution in [2.75, 3.05) is 37.7 Å². The van der Waals surface area contributed by atoms with Crippen molar-refractivity contribution in [3.05, 3.63) is 59.1 Å². The molecule has 7 heteroatoms. The van der Waals surface area contributed by atoms with Crippen molar-refractivity contribution in [1.82, 2.24) is 9.88 Å². The van der Waals surface area contributed by atoms with Gasteiger partial charge in [-0.15, -0.1) is 0 Å². The second-order valence-electron chi connectivity index (χ2n) is 6.73. The summed E-state index contributed by atoms with van der Waals surface area (Å²) in [6, 6.07) is 13.5. The van der Waals surface area contributed by atoms with Crippen molar-refractivity contribution in [3.63, 3.8) is 0 Å². The van der Waals surface area contributed by atoms with Crippen LogP contribution in [-0.4, -0.2) is 48.6 Å². The van der Waals surface area contributed by atoms with Gasteiger partial charge in [0.05, 0.1) is 16.8 Å². The van der Waals surface area contributed by atoms with E-state index >= 15 is 0 Å². The Labute approximate surface area is 179 Å². The van der Waals surface area contributed by atoms with E-state index in [2.05, 4.69) is 4.90 Å². The molecule has 2 heterocycles. The molecule has 29 heavy (non-hydrogen) atoms. The molecule has 0 atom stereocenters. The highest BCUT2D eigenvalue weighted by molar-refractivity contribution is 7.22. The van der Waals surface area contributed by atoms with E-state index in [1.165, 1.54) is 0 Å². The van der Waals surface area contributed by atoms with Gasteiger partial charge in [-0.3, -0.25) is 4.79 Å². The van der Waals surface area contributed by atoms with Gasteiger partial charge in [0.1, 0.15) is 5.75 Å². The van der Waals surface area contributed by atoms with Gasteiger partial charge in [-0.1, -0.05) is 41.1 Å². The first-order chi connectivity index (χ1) is 14.1. The molecule has 150 valence electrons. The Bertz CT molecular complexity index is 1040. The summed E-state index contributed by atoms with van der Waals surface area (Å²) in [5, 5.41) is 1.64. The highest BCUT2D eigenvalue weighted by Crippen LogP contribution is 2.32. The van der Waals surface area contributed by atoms with E-state index in [0.29, 0.717) is 24.7 Å². The summed E-state index contributed by atoms with van der Waals surface area (Å²) in [5.74, 6) is 0.881. The predicted octanol–water partition coefficient (Wildman–Crippen LogP) is 4.71. The molecular formula is C22H22ClN3O2S. The summed E-state index contributed by atoms with van der Waals surface area (Å²) in [6.07, 6.45) is 3.38. The molecule has 0 bridgehead atoms. The number of rotatable bonds is 5. The highest BCUT2D eigenvalue weighted by Gasteiger charge is 2.22. The lowest BCUT2D eigenvalue weighted by Crippen LogP contribution is -2.48. The number of benzene rings is 2. The number of halogens is 1. The van der Waals surface area contributed by atoms with Crippen molar-refractivity contribution < 1.29 is 9.53 Å². The third-order valence-corrected chi connectivity index (χ3v) is 6.26. The zero-order chi connectivity index (χ0) is 20.2. The molecule has 1 fully saturated rings. The summed E-state index contributed by atoms with van der Waals surface area (Å²) in [6.45, 7) is 5.51. The Morgan fingerprint density at radius 2 is 2.00 bits per heavy atom. The average Bonchev–Trinajstić information content (AvgIpc) is 3.17. The minimum absolute atomic E-state index is 0.00947.